The van der Waals surface area contributed by atoms with E-state index in [1.54, 1.807) is 31.2 Å². The Bertz CT molecular complexity index is 873. The summed E-state index contributed by atoms with van der Waals surface area (Å²) in [6.45, 7) is 2.80. The quantitative estimate of drug-likeness (QED) is 0.629. The van der Waals surface area contributed by atoms with E-state index in [4.69, 9.17) is 11.6 Å². The van der Waals surface area contributed by atoms with E-state index >= 15 is 0 Å². The molecule has 6 nitrogen and oxygen atoms in total. The summed E-state index contributed by atoms with van der Waals surface area (Å²) in [7, 11) is -1.64. The lowest BCUT2D eigenvalue weighted by molar-refractivity contribution is -0.121. The number of amides is 1. The molecule has 0 aliphatic rings. The Hall–Kier alpha value is -2.25. The number of benzene rings is 2. The molecule has 2 aromatic carbocycles. The third-order valence-corrected chi connectivity index (χ3v) is 5.83. The average molecular weight is 424 g/mol. The first kappa shape index (κ1) is 22.0. The van der Waals surface area contributed by atoms with Gasteiger partial charge in [0, 0.05) is 30.8 Å². The van der Waals surface area contributed by atoms with Crippen molar-refractivity contribution in [3.8, 4) is 0 Å². The van der Waals surface area contributed by atoms with Crippen molar-refractivity contribution in [2.24, 2.45) is 0 Å². The van der Waals surface area contributed by atoms with Gasteiger partial charge in [0.25, 0.3) is 0 Å². The molecule has 0 saturated carbocycles. The summed E-state index contributed by atoms with van der Waals surface area (Å²) in [5.74, 6) is -0.345. The average Bonchev–Trinajstić information content (AvgIpc) is 2.66. The maximum absolute atomic E-state index is 12.5. The number of nitrogens with zero attached hydrogens (tertiary/aromatic N) is 2. The van der Waals surface area contributed by atoms with Crippen molar-refractivity contribution in [1.29, 1.82) is 0 Å². The van der Waals surface area contributed by atoms with E-state index < -0.39 is 16.1 Å². The highest BCUT2D eigenvalue weighted by Crippen LogP contribution is 2.23. The van der Waals surface area contributed by atoms with Crippen LogP contribution in [0.5, 0.6) is 0 Å². The van der Waals surface area contributed by atoms with E-state index in [0.717, 1.165) is 29.2 Å². The topological polar surface area (TPSA) is 69.7 Å². The Morgan fingerprint density at radius 3 is 2.25 bits per heavy atom. The van der Waals surface area contributed by atoms with Crippen LogP contribution < -0.4 is 14.5 Å². The maximum atomic E-state index is 12.5. The van der Waals surface area contributed by atoms with E-state index in [9.17, 15) is 13.2 Å². The fourth-order valence-electron chi connectivity index (χ4n) is 2.88. The Morgan fingerprint density at radius 1 is 1.07 bits per heavy atom. The number of hydrogen-bond donors (Lipinski definition) is 1. The third kappa shape index (κ3) is 6.14. The van der Waals surface area contributed by atoms with Gasteiger partial charge in [0.1, 0.15) is 6.04 Å². The van der Waals surface area contributed by atoms with Gasteiger partial charge in [-0.3, -0.25) is 9.10 Å². The normalized spacial score (nSPS) is 12.3. The standard InChI is InChI=1S/C20H26ClN3O3S/c1-16(24(28(3,26)27)19-12-10-17(21)11-13-19)20(25)22-14-7-15-23(2)18-8-5-4-6-9-18/h4-6,8-13,16H,7,14-15H2,1-3H3,(H,22,25)/t16-/m0/s1. The molecule has 1 atom stereocenters. The molecule has 0 spiro atoms. The summed E-state index contributed by atoms with van der Waals surface area (Å²) in [6.07, 6.45) is 1.82. The molecule has 0 bridgehead atoms. The number of nitrogens with one attached hydrogen (secondary N) is 1. The lowest BCUT2D eigenvalue weighted by Crippen LogP contribution is -2.48. The highest BCUT2D eigenvalue weighted by molar-refractivity contribution is 7.92. The van der Waals surface area contributed by atoms with Crippen LogP contribution in [0.2, 0.25) is 5.02 Å². The van der Waals surface area contributed by atoms with Crippen molar-refractivity contribution in [2.45, 2.75) is 19.4 Å². The van der Waals surface area contributed by atoms with Gasteiger partial charge in [-0.2, -0.15) is 0 Å². The minimum atomic E-state index is -3.63. The van der Waals surface area contributed by atoms with Gasteiger partial charge in [-0.05, 0) is 49.7 Å². The molecule has 8 heteroatoms. The van der Waals surface area contributed by atoms with Gasteiger partial charge in [0.2, 0.25) is 15.9 Å². The Labute approximate surface area is 172 Å². The molecule has 0 radical (unpaired) electrons. The van der Waals surface area contributed by atoms with Crippen molar-refractivity contribution in [3.05, 3.63) is 59.6 Å². The predicted octanol–water partition coefficient (Wildman–Crippen LogP) is 3.14. The van der Waals surface area contributed by atoms with Gasteiger partial charge in [0.15, 0.2) is 0 Å². The van der Waals surface area contributed by atoms with Gasteiger partial charge in [-0.15, -0.1) is 0 Å². The lowest BCUT2D eigenvalue weighted by Gasteiger charge is -2.28. The fraction of sp³-hybridized carbons (Fsp3) is 0.350. The van der Waals surface area contributed by atoms with Crippen LogP contribution >= 0.6 is 11.6 Å². The monoisotopic (exact) mass is 423 g/mol. The predicted molar refractivity (Wildman–Crippen MR) is 116 cm³/mol. The molecule has 0 saturated heterocycles. The Morgan fingerprint density at radius 2 is 1.68 bits per heavy atom. The molecule has 0 aliphatic heterocycles. The number of anilines is 2. The summed E-state index contributed by atoms with van der Waals surface area (Å²) in [5, 5.41) is 3.32. The SMILES string of the molecule is C[C@@H](C(=O)NCCCN(C)c1ccccc1)N(c1ccc(Cl)cc1)S(C)(=O)=O. The molecule has 2 rings (SSSR count). The highest BCUT2D eigenvalue weighted by atomic mass is 35.5. The van der Waals surface area contributed by atoms with Crippen molar-refractivity contribution in [2.75, 3.05) is 35.6 Å². The molecular formula is C20H26ClN3O3S. The zero-order valence-electron chi connectivity index (χ0n) is 16.3. The molecular weight excluding hydrogens is 398 g/mol. The molecule has 152 valence electrons. The summed E-state index contributed by atoms with van der Waals surface area (Å²) < 4.78 is 25.6. The molecule has 0 unspecified atom stereocenters. The van der Waals surface area contributed by atoms with Gasteiger partial charge >= 0.3 is 0 Å². The molecule has 0 fully saturated rings. The van der Waals surface area contributed by atoms with Crippen molar-refractivity contribution in [1.82, 2.24) is 5.32 Å². The molecule has 0 heterocycles. The smallest absolute Gasteiger partial charge is 0.243 e. The largest absolute Gasteiger partial charge is 0.375 e. The van der Waals surface area contributed by atoms with Crippen LogP contribution in [0.4, 0.5) is 11.4 Å². The van der Waals surface area contributed by atoms with E-state index in [1.807, 2.05) is 37.4 Å². The zero-order chi connectivity index (χ0) is 20.7. The summed E-state index contributed by atoms with van der Waals surface area (Å²) in [5.41, 5.74) is 1.51. The second-order valence-corrected chi connectivity index (χ2v) is 8.91. The Balaban J connectivity index is 1.93. The van der Waals surface area contributed by atoms with E-state index in [0.29, 0.717) is 17.3 Å². The summed E-state index contributed by atoms with van der Waals surface area (Å²) in [4.78, 5) is 14.6. The number of rotatable bonds is 9. The summed E-state index contributed by atoms with van der Waals surface area (Å²) >= 11 is 5.88. The number of halogens is 1. The number of sulfonamides is 1. The van der Waals surface area contributed by atoms with Crippen LogP contribution in [0.1, 0.15) is 13.3 Å². The van der Waals surface area contributed by atoms with Gasteiger partial charge in [-0.1, -0.05) is 29.8 Å². The van der Waals surface area contributed by atoms with E-state index in [1.165, 1.54) is 0 Å². The van der Waals surface area contributed by atoms with Crippen molar-refractivity contribution in [3.63, 3.8) is 0 Å². The second kappa shape index (κ2) is 9.80. The Kier molecular flexibility index (Phi) is 7.71. The second-order valence-electron chi connectivity index (χ2n) is 6.61. The number of carbonyl (C=O) groups excluding carboxylic acids is 1. The first-order chi connectivity index (χ1) is 13.2. The molecule has 0 aromatic heterocycles. The third-order valence-electron chi connectivity index (χ3n) is 4.34. The number of carbonyl (C=O) groups is 1. The number of para-hydroxylation sites is 1. The molecule has 1 amide bonds. The zero-order valence-corrected chi connectivity index (χ0v) is 17.9. The van der Waals surface area contributed by atoms with Crippen molar-refractivity contribution >= 4 is 38.9 Å². The maximum Gasteiger partial charge on any atom is 0.243 e. The van der Waals surface area contributed by atoms with Crippen LogP contribution in [0.25, 0.3) is 0 Å². The highest BCUT2D eigenvalue weighted by Gasteiger charge is 2.28. The molecule has 2 aromatic rings. The summed E-state index contributed by atoms with van der Waals surface area (Å²) in [6, 6.07) is 15.5. The fourth-order valence-corrected chi connectivity index (χ4v) is 4.18. The van der Waals surface area contributed by atoms with E-state index in [2.05, 4.69) is 10.2 Å². The van der Waals surface area contributed by atoms with Crippen LogP contribution in [0, 0.1) is 0 Å². The van der Waals surface area contributed by atoms with Crippen molar-refractivity contribution < 1.29 is 13.2 Å². The minimum Gasteiger partial charge on any atom is -0.375 e. The molecule has 0 aliphatic carbocycles. The molecule has 28 heavy (non-hydrogen) atoms. The van der Waals surface area contributed by atoms with Crippen LogP contribution in [0.15, 0.2) is 54.6 Å². The van der Waals surface area contributed by atoms with E-state index in [-0.39, 0.29) is 5.91 Å². The van der Waals surface area contributed by atoms with Gasteiger partial charge < -0.3 is 10.2 Å². The van der Waals surface area contributed by atoms with Crippen LogP contribution in [-0.4, -0.2) is 46.8 Å². The first-order valence-electron chi connectivity index (χ1n) is 8.99. The van der Waals surface area contributed by atoms with Crippen LogP contribution in [-0.2, 0) is 14.8 Å². The van der Waals surface area contributed by atoms with Gasteiger partial charge in [-0.25, -0.2) is 8.42 Å². The van der Waals surface area contributed by atoms with Gasteiger partial charge in [0.05, 0.1) is 11.9 Å². The van der Waals surface area contributed by atoms with Crippen LogP contribution in [0.3, 0.4) is 0 Å². The first-order valence-corrected chi connectivity index (χ1v) is 11.2. The number of hydrogen-bond acceptors (Lipinski definition) is 4. The lowest BCUT2D eigenvalue weighted by atomic mass is 10.2. The minimum absolute atomic E-state index is 0.345. The molecule has 1 N–H and O–H groups in total.